The molecule has 0 aliphatic rings. The van der Waals surface area contributed by atoms with E-state index in [0.29, 0.717) is 5.88 Å². The Morgan fingerprint density at radius 2 is 2.06 bits per heavy atom. The number of amides is 1. The van der Waals surface area contributed by atoms with Gasteiger partial charge >= 0.3 is 0 Å². The lowest BCUT2D eigenvalue weighted by Gasteiger charge is -2.19. The van der Waals surface area contributed by atoms with Gasteiger partial charge in [-0.25, -0.2) is 4.68 Å². The van der Waals surface area contributed by atoms with Gasteiger partial charge in [-0.15, -0.1) is 0 Å². The second-order valence-electron chi connectivity index (χ2n) is 5.31. The van der Waals surface area contributed by atoms with Crippen molar-refractivity contribution in [2.45, 2.75) is 26.2 Å². The van der Waals surface area contributed by atoms with Crippen LogP contribution in [0.25, 0.3) is 0 Å². The molecule has 5 nitrogen and oxygen atoms in total. The van der Waals surface area contributed by atoms with E-state index < -0.39 is 0 Å². The second-order valence-corrected chi connectivity index (χ2v) is 5.31. The van der Waals surface area contributed by atoms with Gasteiger partial charge in [0.15, 0.2) is 6.61 Å². The summed E-state index contributed by atoms with van der Waals surface area (Å²) in [5.41, 5.74) is 0.955. The van der Waals surface area contributed by atoms with Crippen molar-refractivity contribution in [3.8, 4) is 5.88 Å². The number of aromatic nitrogens is 2. The number of aryl methyl sites for hydroxylation is 1. The van der Waals surface area contributed by atoms with E-state index in [2.05, 4.69) is 25.9 Å². The topological polar surface area (TPSA) is 47.4 Å². The van der Waals surface area contributed by atoms with Crippen molar-refractivity contribution in [3.63, 3.8) is 0 Å². The minimum atomic E-state index is -0.0638. The molecule has 0 bridgehead atoms. The maximum atomic E-state index is 11.5. The molecule has 1 aromatic rings. The molecule has 96 valence electrons. The van der Waals surface area contributed by atoms with E-state index in [0.717, 1.165) is 5.56 Å². The van der Waals surface area contributed by atoms with Crippen LogP contribution < -0.4 is 4.74 Å². The molecule has 1 heterocycles. The van der Waals surface area contributed by atoms with E-state index in [1.54, 1.807) is 25.0 Å². The molecule has 0 aliphatic carbocycles. The lowest BCUT2D eigenvalue weighted by atomic mass is 9.89. The van der Waals surface area contributed by atoms with Gasteiger partial charge < -0.3 is 9.64 Å². The number of likely N-dealkylation sites (N-methyl/N-ethyl adjacent to an activating group) is 1. The monoisotopic (exact) mass is 239 g/mol. The predicted molar refractivity (Wildman–Crippen MR) is 66.1 cm³/mol. The van der Waals surface area contributed by atoms with Gasteiger partial charge in [0.25, 0.3) is 5.91 Å². The van der Waals surface area contributed by atoms with Crippen LogP contribution in [0.2, 0.25) is 0 Å². The van der Waals surface area contributed by atoms with Crippen LogP contribution in [0, 0.1) is 0 Å². The summed E-state index contributed by atoms with van der Waals surface area (Å²) in [7, 11) is 5.23. The summed E-state index contributed by atoms with van der Waals surface area (Å²) in [4.78, 5) is 13.0. The fourth-order valence-corrected chi connectivity index (χ4v) is 1.37. The number of hydrogen-bond acceptors (Lipinski definition) is 3. The quantitative estimate of drug-likeness (QED) is 0.796. The number of carbonyl (C=O) groups is 1. The van der Waals surface area contributed by atoms with E-state index >= 15 is 0 Å². The highest BCUT2D eigenvalue weighted by Gasteiger charge is 2.23. The molecule has 0 saturated carbocycles. The number of carbonyl (C=O) groups excluding carboxylic acids is 1. The first-order valence-electron chi connectivity index (χ1n) is 5.59. The molecule has 0 saturated heterocycles. The summed E-state index contributed by atoms with van der Waals surface area (Å²) in [6.07, 6.45) is 1.79. The summed E-state index contributed by atoms with van der Waals surface area (Å²) >= 11 is 0. The standard InChI is InChI=1S/C12H21N3O2/c1-12(2,3)9-7-13-15(6)11(9)17-8-10(16)14(4)5/h7H,8H2,1-6H3. The Bertz CT molecular complexity index is 402. The first-order valence-corrected chi connectivity index (χ1v) is 5.59. The van der Waals surface area contributed by atoms with Crippen LogP contribution in [0.3, 0.4) is 0 Å². The van der Waals surface area contributed by atoms with E-state index in [1.165, 1.54) is 4.90 Å². The van der Waals surface area contributed by atoms with Gasteiger partial charge in [0.1, 0.15) is 0 Å². The van der Waals surface area contributed by atoms with Gasteiger partial charge in [0, 0.05) is 26.7 Å². The molecule has 1 aromatic heterocycles. The van der Waals surface area contributed by atoms with Crippen LogP contribution in [0.1, 0.15) is 26.3 Å². The maximum Gasteiger partial charge on any atom is 0.260 e. The molecular weight excluding hydrogens is 218 g/mol. The van der Waals surface area contributed by atoms with Gasteiger partial charge in [0.05, 0.1) is 6.20 Å². The highest BCUT2D eigenvalue weighted by Crippen LogP contribution is 2.30. The molecule has 0 spiro atoms. The van der Waals surface area contributed by atoms with Gasteiger partial charge in [-0.1, -0.05) is 20.8 Å². The molecule has 5 heteroatoms. The van der Waals surface area contributed by atoms with Crippen molar-refractivity contribution in [2.75, 3.05) is 20.7 Å². The van der Waals surface area contributed by atoms with Gasteiger partial charge in [0.2, 0.25) is 5.88 Å². The fraction of sp³-hybridized carbons (Fsp3) is 0.667. The fourth-order valence-electron chi connectivity index (χ4n) is 1.37. The molecule has 0 N–H and O–H groups in total. The van der Waals surface area contributed by atoms with Gasteiger partial charge in [-0.3, -0.25) is 4.79 Å². The van der Waals surface area contributed by atoms with E-state index in [-0.39, 0.29) is 17.9 Å². The molecule has 0 atom stereocenters. The summed E-state index contributed by atoms with van der Waals surface area (Å²) in [6, 6.07) is 0. The summed E-state index contributed by atoms with van der Waals surface area (Å²) in [5, 5.41) is 4.17. The number of nitrogens with zero attached hydrogens (tertiary/aromatic N) is 3. The molecule has 0 aromatic carbocycles. The van der Waals surface area contributed by atoms with Gasteiger partial charge in [-0.05, 0) is 5.41 Å². The van der Waals surface area contributed by atoms with Crippen LogP contribution >= 0.6 is 0 Å². The second kappa shape index (κ2) is 4.77. The Morgan fingerprint density at radius 1 is 1.47 bits per heavy atom. The summed E-state index contributed by atoms with van der Waals surface area (Å²) < 4.78 is 7.22. The molecule has 0 fully saturated rings. The van der Waals surface area contributed by atoms with Crippen molar-refractivity contribution in [2.24, 2.45) is 7.05 Å². The third-order valence-electron chi connectivity index (χ3n) is 2.52. The van der Waals surface area contributed by atoms with Crippen LogP contribution in [-0.2, 0) is 17.3 Å². The van der Waals surface area contributed by atoms with Crippen molar-refractivity contribution in [3.05, 3.63) is 11.8 Å². The third-order valence-corrected chi connectivity index (χ3v) is 2.52. The first kappa shape index (κ1) is 13.5. The smallest absolute Gasteiger partial charge is 0.260 e. The third kappa shape index (κ3) is 3.22. The van der Waals surface area contributed by atoms with Crippen LogP contribution in [0.15, 0.2) is 6.20 Å². The predicted octanol–water partition coefficient (Wildman–Crippen LogP) is 1.18. The van der Waals surface area contributed by atoms with E-state index in [1.807, 2.05) is 7.05 Å². The average Bonchev–Trinajstić information content (AvgIpc) is 2.55. The first-order chi connectivity index (χ1) is 7.73. The molecular formula is C12H21N3O2. The Hall–Kier alpha value is -1.52. The lowest BCUT2D eigenvalue weighted by molar-refractivity contribution is -0.130. The van der Waals surface area contributed by atoms with E-state index in [4.69, 9.17) is 4.74 Å². The average molecular weight is 239 g/mol. The largest absolute Gasteiger partial charge is 0.468 e. The van der Waals surface area contributed by atoms with Gasteiger partial charge in [-0.2, -0.15) is 5.10 Å². The summed E-state index contributed by atoms with van der Waals surface area (Å²) in [6.45, 7) is 6.30. The zero-order valence-electron chi connectivity index (χ0n) is 11.4. The Labute approximate surface area is 102 Å². The van der Waals surface area contributed by atoms with Crippen molar-refractivity contribution >= 4 is 5.91 Å². The molecule has 0 aliphatic heterocycles. The lowest BCUT2D eigenvalue weighted by Crippen LogP contribution is -2.28. The maximum absolute atomic E-state index is 11.5. The Kier molecular flexibility index (Phi) is 3.80. The SMILES string of the molecule is CN(C)C(=O)COc1c(C(C)(C)C)cnn1C. The zero-order valence-corrected chi connectivity index (χ0v) is 11.4. The molecule has 17 heavy (non-hydrogen) atoms. The van der Waals surface area contributed by atoms with Crippen LogP contribution in [0.5, 0.6) is 5.88 Å². The molecule has 0 unspecified atom stereocenters. The van der Waals surface area contributed by atoms with E-state index in [9.17, 15) is 4.79 Å². The highest BCUT2D eigenvalue weighted by atomic mass is 16.5. The van der Waals surface area contributed by atoms with Crippen molar-refractivity contribution < 1.29 is 9.53 Å². The molecule has 1 amide bonds. The minimum Gasteiger partial charge on any atom is -0.468 e. The highest BCUT2D eigenvalue weighted by molar-refractivity contribution is 5.77. The number of rotatable bonds is 3. The van der Waals surface area contributed by atoms with Crippen LogP contribution in [0.4, 0.5) is 0 Å². The summed E-state index contributed by atoms with van der Waals surface area (Å²) in [5.74, 6) is 0.596. The van der Waals surface area contributed by atoms with Crippen LogP contribution in [-0.4, -0.2) is 41.3 Å². The molecule has 1 rings (SSSR count). The van der Waals surface area contributed by atoms with Crippen molar-refractivity contribution in [1.82, 2.24) is 14.7 Å². The normalized spacial score (nSPS) is 11.4. The minimum absolute atomic E-state index is 0.0373. The Balaban J connectivity index is 2.84. The zero-order chi connectivity index (χ0) is 13.2. The molecule has 0 radical (unpaired) electrons. The van der Waals surface area contributed by atoms with Crippen molar-refractivity contribution in [1.29, 1.82) is 0 Å². The Morgan fingerprint density at radius 3 is 2.53 bits per heavy atom. The number of hydrogen-bond donors (Lipinski definition) is 0. The number of ether oxygens (including phenoxy) is 1.